The average molecular weight is 252 g/mol. The summed E-state index contributed by atoms with van der Waals surface area (Å²) in [6.45, 7) is 7.00. The fraction of sp³-hybridized carbons (Fsp3) is 0.538. The molecule has 1 rings (SSSR count). The van der Waals surface area contributed by atoms with Crippen LogP contribution in [0.3, 0.4) is 0 Å². The van der Waals surface area contributed by atoms with E-state index in [1.165, 1.54) is 0 Å². The van der Waals surface area contributed by atoms with Crippen molar-refractivity contribution in [2.24, 2.45) is 5.92 Å². The molecule has 0 fully saturated rings. The SMILES string of the molecule is CCC(CC)CNC(=O)/C=C/c1csc(C)n1. The Kier molecular flexibility index (Phi) is 5.91. The van der Waals surface area contributed by atoms with E-state index in [0.29, 0.717) is 5.92 Å². The molecular weight excluding hydrogens is 232 g/mol. The molecule has 1 aromatic rings. The van der Waals surface area contributed by atoms with Gasteiger partial charge in [-0.15, -0.1) is 11.3 Å². The number of rotatable bonds is 6. The van der Waals surface area contributed by atoms with Gasteiger partial charge in [0.05, 0.1) is 10.7 Å². The Balaban J connectivity index is 2.36. The third-order valence-electron chi connectivity index (χ3n) is 2.76. The molecule has 1 aromatic heterocycles. The lowest BCUT2D eigenvalue weighted by Gasteiger charge is -2.11. The molecule has 0 bridgehead atoms. The summed E-state index contributed by atoms with van der Waals surface area (Å²) in [7, 11) is 0. The van der Waals surface area contributed by atoms with E-state index in [4.69, 9.17) is 0 Å². The first kappa shape index (κ1) is 13.9. The van der Waals surface area contributed by atoms with Crippen LogP contribution in [0.25, 0.3) is 6.08 Å². The van der Waals surface area contributed by atoms with Gasteiger partial charge in [0.1, 0.15) is 0 Å². The molecule has 1 N–H and O–H groups in total. The first-order valence-electron chi connectivity index (χ1n) is 6.03. The van der Waals surface area contributed by atoms with Gasteiger partial charge < -0.3 is 5.32 Å². The highest BCUT2D eigenvalue weighted by Gasteiger charge is 2.04. The van der Waals surface area contributed by atoms with Crippen molar-refractivity contribution >= 4 is 23.3 Å². The number of aryl methyl sites for hydroxylation is 1. The fourth-order valence-electron chi connectivity index (χ4n) is 1.50. The molecule has 0 aromatic carbocycles. The van der Waals surface area contributed by atoms with Gasteiger partial charge in [-0.2, -0.15) is 0 Å². The first-order chi connectivity index (χ1) is 8.15. The van der Waals surface area contributed by atoms with E-state index in [1.807, 2.05) is 12.3 Å². The van der Waals surface area contributed by atoms with E-state index < -0.39 is 0 Å². The molecule has 0 radical (unpaired) electrons. The number of carbonyl (C=O) groups is 1. The van der Waals surface area contributed by atoms with E-state index >= 15 is 0 Å². The summed E-state index contributed by atoms with van der Waals surface area (Å²) in [6.07, 6.45) is 5.51. The number of amides is 1. The largest absolute Gasteiger partial charge is 0.352 e. The lowest BCUT2D eigenvalue weighted by Crippen LogP contribution is -2.27. The Morgan fingerprint density at radius 1 is 1.53 bits per heavy atom. The Bertz CT molecular complexity index is 381. The van der Waals surface area contributed by atoms with Crippen LogP contribution in [0.1, 0.15) is 37.4 Å². The van der Waals surface area contributed by atoms with E-state index in [9.17, 15) is 4.79 Å². The highest BCUT2D eigenvalue weighted by Crippen LogP contribution is 2.09. The molecule has 17 heavy (non-hydrogen) atoms. The molecule has 0 spiro atoms. The van der Waals surface area contributed by atoms with Gasteiger partial charge in [0.15, 0.2) is 0 Å². The highest BCUT2D eigenvalue weighted by atomic mass is 32.1. The molecule has 0 aliphatic rings. The van der Waals surface area contributed by atoms with Gasteiger partial charge in [-0.3, -0.25) is 4.79 Å². The summed E-state index contributed by atoms with van der Waals surface area (Å²) in [5.74, 6) is 0.538. The molecular formula is C13H20N2OS. The van der Waals surface area contributed by atoms with Crippen LogP contribution in [0.15, 0.2) is 11.5 Å². The van der Waals surface area contributed by atoms with Gasteiger partial charge in [0.25, 0.3) is 0 Å². The third-order valence-corrected chi connectivity index (χ3v) is 3.55. The van der Waals surface area contributed by atoms with Crippen molar-refractivity contribution in [1.82, 2.24) is 10.3 Å². The second kappa shape index (κ2) is 7.22. The van der Waals surface area contributed by atoms with Crippen molar-refractivity contribution in [1.29, 1.82) is 0 Å². The van der Waals surface area contributed by atoms with Gasteiger partial charge in [-0.25, -0.2) is 4.98 Å². The van der Waals surface area contributed by atoms with Gasteiger partial charge in [-0.05, 0) is 18.9 Å². The lowest BCUT2D eigenvalue weighted by atomic mass is 10.0. The fourth-order valence-corrected chi connectivity index (χ4v) is 2.08. The highest BCUT2D eigenvalue weighted by molar-refractivity contribution is 7.09. The average Bonchev–Trinajstić information content (AvgIpc) is 2.74. The summed E-state index contributed by atoms with van der Waals surface area (Å²) in [5.41, 5.74) is 0.852. The summed E-state index contributed by atoms with van der Waals surface area (Å²) >= 11 is 1.59. The molecule has 3 nitrogen and oxygen atoms in total. The number of thiazole rings is 1. The van der Waals surface area contributed by atoms with Crippen LogP contribution >= 0.6 is 11.3 Å². The number of aromatic nitrogens is 1. The predicted octanol–water partition coefficient (Wildman–Crippen LogP) is 3.02. The molecule has 0 saturated carbocycles. The second-order valence-corrected chi connectivity index (χ2v) is 5.11. The lowest BCUT2D eigenvalue weighted by molar-refractivity contribution is -0.116. The quantitative estimate of drug-likeness (QED) is 0.791. The monoisotopic (exact) mass is 252 g/mol. The Hall–Kier alpha value is -1.16. The van der Waals surface area contributed by atoms with E-state index in [2.05, 4.69) is 24.1 Å². The maximum absolute atomic E-state index is 11.5. The van der Waals surface area contributed by atoms with Crippen LogP contribution in [0.5, 0.6) is 0 Å². The molecule has 0 aliphatic heterocycles. The standard InChI is InChI=1S/C13H20N2OS/c1-4-11(5-2)8-14-13(16)7-6-12-9-17-10(3)15-12/h6-7,9,11H,4-5,8H2,1-3H3,(H,14,16)/b7-6+. The molecule has 94 valence electrons. The zero-order valence-electron chi connectivity index (χ0n) is 10.7. The first-order valence-corrected chi connectivity index (χ1v) is 6.91. The molecule has 0 atom stereocenters. The number of carbonyl (C=O) groups excluding carboxylic acids is 1. The summed E-state index contributed by atoms with van der Waals surface area (Å²) in [4.78, 5) is 15.8. The van der Waals surface area contributed by atoms with Crippen molar-refractivity contribution in [2.45, 2.75) is 33.6 Å². The number of nitrogens with one attached hydrogen (secondary N) is 1. The van der Waals surface area contributed by atoms with Crippen LogP contribution in [0, 0.1) is 12.8 Å². The molecule has 0 saturated heterocycles. The van der Waals surface area contributed by atoms with Crippen molar-refractivity contribution in [2.75, 3.05) is 6.54 Å². The summed E-state index contributed by atoms with van der Waals surface area (Å²) in [5, 5.41) is 5.87. The minimum atomic E-state index is -0.0393. The molecule has 4 heteroatoms. The topological polar surface area (TPSA) is 42.0 Å². The molecule has 0 aliphatic carbocycles. The number of hydrogen-bond acceptors (Lipinski definition) is 3. The Morgan fingerprint density at radius 3 is 2.76 bits per heavy atom. The smallest absolute Gasteiger partial charge is 0.244 e. The normalized spacial score (nSPS) is 11.3. The van der Waals surface area contributed by atoms with E-state index in [0.717, 1.165) is 30.1 Å². The van der Waals surface area contributed by atoms with Crippen molar-refractivity contribution in [3.8, 4) is 0 Å². The summed E-state index contributed by atoms with van der Waals surface area (Å²) < 4.78 is 0. The minimum absolute atomic E-state index is 0.0393. The van der Waals surface area contributed by atoms with Crippen molar-refractivity contribution < 1.29 is 4.79 Å². The maximum Gasteiger partial charge on any atom is 0.244 e. The zero-order chi connectivity index (χ0) is 12.7. The molecule has 0 unspecified atom stereocenters. The van der Waals surface area contributed by atoms with Gasteiger partial charge in [0.2, 0.25) is 5.91 Å². The van der Waals surface area contributed by atoms with Crippen molar-refractivity contribution in [3.05, 3.63) is 22.2 Å². The van der Waals surface area contributed by atoms with Crippen LogP contribution in [-0.4, -0.2) is 17.4 Å². The zero-order valence-corrected chi connectivity index (χ0v) is 11.5. The predicted molar refractivity (Wildman–Crippen MR) is 73.0 cm³/mol. The summed E-state index contributed by atoms with van der Waals surface area (Å²) in [6, 6.07) is 0. The van der Waals surface area contributed by atoms with E-state index in [-0.39, 0.29) is 5.91 Å². The van der Waals surface area contributed by atoms with Gasteiger partial charge >= 0.3 is 0 Å². The Morgan fingerprint density at radius 2 is 2.24 bits per heavy atom. The van der Waals surface area contributed by atoms with Crippen LogP contribution in [0.4, 0.5) is 0 Å². The molecule has 1 heterocycles. The number of hydrogen-bond donors (Lipinski definition) is 1. The van der Waals surface area contributed by atoms with Gasteiger partial charge in [0, 0.05) is 18.0 Å². The number of nitrogens with zero attached hydrogens (tertiary/aromatic N) is 1. The van der Waals surface area contributed by atoms with E-state index in [1.54, 1.807) is 23.5 Å². The molecule has 1 amide bonds. The van der Waals surface area contributed by atoms with Crippen LogP contribution in [0.2, 0.25) is 0 Å². The third kappa shape index (κ3) is 5.13. The van der Waals surface area contributed by atoms with Gasteiger partial charge in [-0.1, -0.05) is 26.7 Å². The van der Waals surface area contributed by atoms with Crippen molar-refractivity contribution in [3.63, 3.8) is 0 Å². The van der Waals surface area contributed by atoms with Crippen LogP contribution < -0.4 is 5.32 Å². The maximum atomic E-state index is 11.5. The Labute approximate surface area is 107 Å². The van der Waals surface area contributed by atoms with Crippen LogP contribution in [-0.2, 0) is 4.79 Å². The second-order valence-electron chi connectivity index (χ2n) is 4.05. The minimum Gasteiger partial charge on any atom is -0.352 e.